The number of anilines is 2. The Morgan fingerprint density at radius 3 is 2.42 bits per heavy atom. The number of fused-ring (bicyclic) bond motifs is 1. The van der Waals surface area contributed by atoms with Crippen molar-refractivity contribution in [2.45, 2.75) is 26.7 Å². The first-order valence-corrected chi connectivity index (χ1v) is 11.3. The number of rotatable bonds is 8. The highest BCUT2D eigenvalue weighted by Crippen LogP contribution is 2.30. The third kappa shape index (κ3) is 5.00. The Balaban J connectivity index is 1.44. The molecule has 6 heteroatoms. The van der Waals surface area contributed by atoms with Crippen molar-refractivity contribution in [3.8, 4) is 11.5 Å². The van der Waals surface area contributed by atoms with Gasteiger partial charge in [0, 0.05) is 29.0 Å². The van der Waals surface area contributed by atoms with Gasteiger partial charge in [-0.3, -0.25) is 9.59 Å². The minimum absolute atomic E-state index is 0.0400. The number of hydrogen-bond donors (Lipinski definition) is 1. The average molecular weight is 445 g/mol. The first-order valence-electron chi connectivity index (χ1n) is 11.3. The molecule has 6 nitrogen and oxygen atoms in total. The Labute approximate surface area is 194 Å². The summed E-state index contributed by atoms with van der Waals surface area (Å²) < 4.78 is 11.3. The fourth-order valence-corrected chi connectivity index (χ4v) is 3.85. The Morgan fingerprint density at radius 1 is 0.909 bits per heavy atom. The molecular weight excluding hydrogens is 416 g/mol. The van der Waals surface area contributed by atoms with E-state index in [1.165, 1.54) is 5.56 Å². The molecule has 33 heavy (non-hydrogen) atoms. The van der Waals surface area contributed by atoms with E-state index < -0.39 is 0 Å². The number of carbonyl (C=O) groups excluding carboxylic acids is 2. The summed E-state index contributed by atoms with van der Waals surface area (Å²) in [5, 5.41) is 2.88. The highest BCUT2D eigenvalue weighted by Gasteiger charge is 2.25. The zero-order valence-electron chi connectivity index (χ0n) is 19.0. The van der Waals surface area contributed by atoms with Crippen molar-refractivity contribution in [2.75, 3.05) is 30.0 Å². The quantitative estimate of drug-likeness (QED) is 0.510. The van der Waals surface area contributed by atoms with Gasteiger partial charge in [0.1, 0.15) is 0 Å². The number of benzene rings is 3. The molecule has 0 fully saturated rings. The summed E-state index contributed by atoms with van der Waals surface area (Å²) in [7, 11) is 0. The van der Waals surface area contributed by atoms with Crippen molar-refractivity contribution in [1.29, 1.82) is 0 Å². The molecule has 3 aromatic carbocycles. The summed E-state index contributed by atoms with van der Waals surface area (Å²) in [5.41, 5.74) is 3.82. The summed E-state index contributed by atoms with van der Waals surface area (Å²) in [6, 6.07) is 20.1. The fraction of sp³-hybridized carbons (Fsp3) is 0.259. The van der Waals surface area contributed by atoms with Crippen LogP contribution in [0.4, 0.5) is 11.4 Å². The predicted molar refractivity (Wildman–Crippen MR) is 130 cm³/mol. The van der Waals surface area contributed by atoms with E-state index in [0.29, 0.717) is 48.1 Å². The van der Waals surface area contributed by atoms with E-state index in [9.17, 15) is 9.59 Å². The van der Waals surface area contributed by atoms with E-state index in [1.807, 2.05) is 32.0 Å². The Bertz CT molecular complexity index is 1140. The molecule has 0 bridgehead atoms. The van der Waals surface area contributed by atoms with E-state index in [2.05, 4.69) is 11.4 Å². The third-order valence-corrected chi connectivity index (χ3v) is 5.49. The standard InChI is InChI=1S/C27H28N2O4/c1-3-17-33-24-14-11-21(18-25(24)32-4-2)26(30)28-22-12-9-20(10-13-22)27(31)29-16-15-19-7-5-6-8-23(19)29/h5-14,18H,3-4,15-17H2,1-2H3,(H,28,30). The van der Waals surface area contributed by atoms with Crippen molar-refractivity contribution in [3.05, 3.63) is 83.4 Å². The van der Waals surface area contributed by atoms with Gasteiger partial charge in [0.25, 0.3) is 11.8 Å². The van der Waals surface area contributed by atoms with Crippen LogP contribution in [-0.4, -0.2) is 31.6 Å². The molecule has 4 rings (SSSR count). The Hall–Kier alpha value is -3.80. The van der Waals surface area contributed by atoms with Gasteiger partial charge in [-0.1, -0.05) is 25.1 Å². The SMILES string of the molecule is CCCOc1ccc(C(=O)Nc2ccc(C(=O)N3CCc4ccccc43)cc2)cc1OCC. The monoisotopic (exact) mass is 444 g/mol. The molecule has 0 aromatic heterocycles. The minimum Gasteiger partial charge on any atom is -0.490 e. The number of amides is 2. The van der Waals surface area contributed by atoms with Crippen LogP contribution in [0.15, 0.2) is 66.7 Å². The number of nitrogens with zero attached hydrogens (tertiary/aromatic N) is 1. The molecule has 1 aliphatic heterocycles. The fourth-order valence-electron chi connectivity index (χ4n) is 3.85. The molecule has 1 N–H and O–H groups in total. The zero-order valence-corrected chi connectivity index (χ0v) is 19.0. The highest BCUT2D eigenvalue weighted by atomic mass is 16.5. The van der Waals surface area contributed by atoms with Gasteiger partial charge in [0.05, 0.1) is 13.2 Å². The second-order valence-electron chi connectivity index (χ2n) is 7.81. The summed E-state index contributed by atoms with van der Waals surface area (Å²) in [6.07, 6.45) is 1.75. The number of para-hydroxylation sites is 1. The maximum absolute atomic E-state index is 13.0. The van der Waals surface area contributed by atoms with Gasteiger partial charge in [-0.2, -0.15) is 0 Å². The van der Waals surface area contributed by atoms with Crippen LogP contribution in [0.5, 0.6) is 11.5 Å². The van der Waals surface area contributed by atoms with Crippen LogP contribution in [0.2, 0.25) is 0 Å². The molecule has 0 saturated carbocycles. The molecule has 1 heterocycles. The van der Waals surface area contributed by atoms with E-state index >= 15 is 0 Å². The van der Waals surface area contributed by atoms with Crippen LogP contribution in [0.3, 0.4) is 0 Å². The topological polar surface area (TPSA) is 67.9 Å². The lowest BCUT2D eigenvalue weighted by molar-refractivity contribution is 0.0988. The van der Waals surface area contributed by atoms with Crippen molar-refractivity contribution in [2.24, 2.45) is 0 Å². The van der Waals surface area contributed by atoms with E-state index in [1.54, 1.807) is 47.4 Å². The Kier molecular flexibility index (Phi) is 6.93. The molecule has 0 saturated heterocycles. The van der Waals surface area contributed by atoms with Gasteiger partial charge in [-0.05, 0) is 73.9 Å². The molecule has 2 amide bonds. The molecule has 0 unspecified atom stereocenters. The second-order valence-corrected chi connectivity index (χ2v) is 7.81. The van der Waals surface area contributed by atoms with Gasteiger partial charge >= 0.3 is 0 Å². The maximum Gasteiger partial charge on any atom is 0.258 e. The highest BCUT2D eigenvalue weighted by molar-refractivity contribution is 6.08. The zero-order chi connectivity index (χ0) is 23.2. The summed E-state index contributed by atoms with van der Waals surface area (Å²) in [6.45, 7) is 5.66. The van der Waals surface area contributed by atoms with Crippen LogP contribution >= 0.6 is 0 Å². The van der Waals surface area contributed by atoms with Gasteiger partial charge < -0.3 is 19.7 Å². The normalized spacial score (nSPS) is 12.2. The summed E-state index contributed by atoms with van der Waals surface area (Å²) in [5.74, 6) is 0.874. The Morgan fingerprint density at radius 2 is 1.67 bits per heavy atom. The molecule has 1 aliphatic rings. The van der Waals surface area contributed by atoms with Crippen molar-refractivity contribution in [3.63, 3.8) is 0 Å². The molecule has 3 aromatic rings. The van der Waals surface area contributed by atoms with Crippen molar-refractivity contribution in [1.82, 2.24) is 0 Å². The van der Waals surface area contributed by atoms with Gasteiger partial charge in [0.15, 0.2) is 11.5 Å². The van der Waals surface area contributed by atoms with E-state index in [0.717, 1.165) is 18.5 Å². The largest absolute Gasteiger partial charge is 0.490 e. The molecule has 0 spiro atoms. The van der Waals surface area contributed by atoms with E-state index in [4.69, 9.17) is 9.47 Å². The van der Waals surface area contributed by atoms with Crippen LogP contribution in [-0.2, 0) is 6.42 Å². The predicted octanol–water partition coefficient (Wildman–Crippen LogP) is 5.33. The van der Waals surface area contributed by atoms with Gasteiger partial charge in [-0.15, -0.1) is 0 Å². The van der Waals surface area contributed by atoms with Crippen LogP contribution in [0.25, 0.3) is 0 Å². The smallest absolute Gasteiger partial charge is 0.258 e. The van der Waals surface area contributed by atoms with Crippen LogP contribution < -0.4 is 19.7 Å². The number of nitrogens with one attached hydrogen (secondary N) is 1. The first-order chi connectivity index (χ1) is 16.1. The molecule has 0 radical (unpaired) electrons. The van der Waals surface area contributed by atoms with Crippen molar-refractivity contribution < 1.29 is 19.1 Å². The maximum atomic E-state index is 13.0. The van der Waals surface area contributed by atoms with Gasteiger partial charge in [0.2, 0.25) is 0 Å². The number of hydrogen-bond acceptors (Lipinski definition) is 4. The lowest BCUT2D eigenvalue weighted by Gasteiger charge is -2.17. The average Bonchev–Trinajstić information content (AvgIpc) is 3.27. The van der Waals surface area contributed by atoms with Crippen LogP contribution in [0, 0.1) is 0 Å². The third-order valence-electron chi connectivity index (χ3n) is 5.49. The lowest BCUT2D eigenvalue weighted by Crippen LogP contribution is -2.28. The lowest BCUT2D eigenvalue weighted by atomic mass is 10.1. The summed E-state index contributed by atoms with van der Waals surface area (Å²) >= 11 is 0. The minimum atomic E-state index is -0.259. The number of ether oxygens (including phenoxy) is 2. The van der Waals surface area contributed by atoms with Crippen LogP contribution in [0.1, 0.15) is 46.5 Å². The second kappa shape index (κ2) is 10.2. The summed E-state index contributed by atoms with van der Waals surface area (Å²) in [4.78, 5) is 27.6. The molecule has 170 valence electrons. The first kappa shape index (κ1) is 22.4. The molecular formula is C27H28N2O4. The van der Waals surface area contributed by atoms with E-state index in [-0.39, 0.29) is 11.8 Å². The van der Waals surface area contributed by atoms with Gasteiger partial charge in [-0.25, -0.2) is 0 Å². The molecule has 0 atom stereocenters. The number of carbonyl (C=O) groups is 2. The molecule has 0 aliphatic carbocycles. The van der Waals surface area contributed by atoms with Crippen molar-refractivity contribution >= 4 is 23.2 Å².